The van der Waals surface area contributed by atoms with Gasteiger partial charge in [-0.1, -0.05) is 6.92 Å². The minimum absolute atomic E-state index is 0.157. The summed E-state index contributed by atoms with van der Waals surface area (Å²) in [6.07, 6.45) is 4.59. The first-order valence-corrected chi connectivity index (χ1v) is 9.80. The van der Waals surface area contributed by atoms with Crippen molar-refractivity contribution in [1.82, 2.24) is 25.1 Å². The third-order valence-corrected chi connectivity index (χ3v) is 5.48. The Morgan fingerprint density at radius 1 is 1.35 bits per heavy atom. The van der Waals surface area contributed by atoms with Crippen molar-refractivity contribution in [2.75, 3.05) is 45.6 Å². The number of hydrogen-bond acceptors (Lipinski definition) is 6. The number of carbonyl (C=O) groups excluding carboxylic acids is 1. The first kappa shape index (κ1) is 19.0. The van der Waals surface area contributed by atoms with Crippen molar-refractivity contribution in [3.8, 4) is 0 Å². The summed E-state index contributed by atoms with van der Waals surface area (Å²) in [6, 6.07) is 2.16. The first-order valence-electron chi connectivity index (χ1n) is 9.80. The average molecular weight is 361 g/mol. The summed E-state index contributed by atoms with van der Waals surface area (Å²) in [7, 11) is 3.73. The predicted molar refractivity (Wildman–Crippen MR) is 103 cm³/mol. The molecule has 1 aromatic rings. The van der Waals surface area contributed by atoms with Gasteiger partial charge in [0.15, 0.2) is 0 Å². The summed E-state index contributed by atoms with van der Waals surface area (Å²) >= 11 is 0. The van der Waals surface area contributed by atoms with Gasteiger partial charge in [-0.05, 0) is 51.2 Å². The predicted octanol–water partition coefficient (Wildman–Crippen LogP) is 1.63. The summed E-state index contributed by atoms with van der Waals surface area (Å²) in [6.45, 7) is 6.37. The number of rotatable bonds is 6. The van der Waals surface area contributed by atoms with E-state index in [1.54, 1.807) is 4.90 Å². The molecule has 2 aliphatic rings. The normalized spacial score (nSPS) is 21.7. The maximum absolute atomic E-state index is 12.6. The van der Waals surface area contributed by atoms with Crippen molar-refractivity contribution in [2.24, 2.45) is 5.92 Å². The fourth-order valence-electron chi connectivity index (χ4n) is 3.65. The fourth-order valence-corrected chi connectivity index (χ4v) is 3.65. The van der Waals surface area contributed by atoms with Crippen LogP contribution in [0.1, 0.15) is 50.2 Å². The van der Waals surface area contributed by atoms with Crippen LogP contribution < -0.4 is 10.6 Å². The molecule has 7 nitrogen and oxygen atoms in total. The van der Waals surface area contributed by atoms with Crippen molar-refractivity contribution in [3.05, 3.63) is 17.6 Å². The van der Waals surface area contributed by atoms with Gasteiger partial charge in [-0.3, -0.25) is 9.69 Å². The number of likely N-dealkylation sites (tertiary alicyclic amines) is 1. The Hall–Kier alpha value is -1.73. The van der Waals surface area contributed by atoms with Gasteiger partial charge < -0.3 is 15.5 Å². The minimum Gasteiger partial charge on any atom is -0.373 e. The van der Waals surface area contributed by atoms with Crippen molar-refractivity contribution >= 4 is 11.7 Å². The molecule has 0 aromatic carbocycles. The highest BCUT2D eigenvalue weighted by atomic mass is 16.2. The molecule has 1 atom stereocenters. The molecule has 3 rings (SSSR count). The molecule has 3 heterocycles. The van der Waals surface area contributed by atoms with Crippen molar-refractivity contribution in [1.29, 1.82) is 0 Å². The smallest absolute Gasteiger partial charge is 0.236 e. The second kappa shape index (κ2) is 8.77. The van der Waals surface area contributed by atoms with Gasteiger partial charge in [-0.25, -0.2) is 9.97 Å². The zero-order valence-electron chi connectivity index (χ0n) is 16.3. The minimum atomic E-state index is 0.157. The highest BCUT2D eigenvalue weighted by Gasteiger charge is 2.22. The van der Waals surface area contributed by atoms with Crippen LogP contribution in [0.25, 0.3) is 0 Å². The summed E-state index contributed by atoms with van der Waals surface area (Å²) < 4.78 is 0. The molecular formula is C19H32N6O. The van der Waals surface area contributed by atoms with E-state index < -0.39 is 0 Å². The lowest BCUT2D eigenvalue weighted by molar-refractivity contribution is -0.132. The molecule has 144 valence electrons. The second-order valence-corrected chi connectivity index (χ2v) is 7.71. The maximum Gasteiger partial charge on any atom is 0.236 e. The number of hydrogen-bond donors (Lipinski definition) is 2. The van der Waals surface area contributed by atoms with E-state index in [1.165, 1.54) is 12.8 Å². The van der Waals surface area contributed by atoms with Crippen LogP contribution in [0.5, 0.6) is 0 Å². The zero-order valence-corrected chi connectivity index (χ0v) is 16.3. The topological polar surface area (TPSA) is 73.4 Å². The van der Waals surface area contributed by atoms with E-state index >= 15 is 0 Å². The molecule has 2 saturated heterocycles. The second-order valence-electron chi connectivity index (χ2n) is 7.71. The number of amides is 1. The number of likely N-dealkylation sites (N-methyl/N-ethyl adjacent to an activating group) is 1. The Morgan fingerprint density at radius 3 is 2.77 bits per heavy atom. The van der Waals surface area contributed by atoms with Gasteiger partial charge in [0.2, 0.25) is 5.91 Å². The molecule has 2 aliphatic heterocycles. The fraction of sp³-hybridized carbons (Fsp3) is 0.737. The molecule has 2 fully saturated rings. The van der Waals surface area contributed by atoms with E-state index in [9.17, 15) is 4.79 Å². The quantitative estimate of drug-likeness (QED) is 0.803. The number of carbonyl (C=O) groups is 1. The van der Waals surface area contributed by atoms with Crippen LogP contribution in [0.15, 0.2) is 6.07 Å². The Bertz CT molecular complexity index is 608. The number of aromatic nitrogens is 2. The van der Waals surface area contributed by atoms with Crippen LogP contribution in [-0.4, -0.2) is 65.9 Å². The average Bonchev–Trinajstić information content (AvgIpc) is 3.18. The van der Waals surface area contributed by atoms with E-state index in [4.69, 9.17) is 4.98 Å². The Morgan fingerprint density at radius 2 is 2.12 bits per heavy atom. The molecule has 0 aliphatic carbocycles. The summed E-state index contributed by atoms with van der Waals surface area (Å²) in [5.74, 6) is 2.58. The third kappa shape index (κ3) is 4.92. The Kier molecular flexibility index (Phi) is 6.43. The van der Waals surface area contributed by atoms with Gasteiger partial charge in [0, 0.05) is 20.2 Å². The summed E-state index contributed by atoms with van der Waals surface area (Å²) in [5, 5.41) is 6.56. The number of nitrogens with zero attached hydrogens (tertiary/aromatic N) is 4. The maximum atomic E-state index is 12.6. The lowest BCUT2D eigenvalue weighted by Crippen LogP contribution is -2.41. The van der Waals surface area contributed by atoms with E-state index in [1.807, 2.05) is 20.2 Å². The van der Waals surface area contributed by atoms with Crippen LogP contribution in [-0.2, 0) is 11.3 Å². The van der Waals surface area contributed by atoms with E-state index in [2.05, 4.69) is 27.4 Å². The van der Waals surface area contributed by atoms with Gasteiger partial charge in [0.05, 0.1) is 24.8 Å². The van der Waals surface area contributed by atoms with Crippen LogP contribution in [0, 0.1) is 5.92 Å². The largest absolute Gasteiger partial charge is 0.373 e. The Labute approximate surface area is 156 Å². The van der Waals surface area contributed by atoms with Gasteiger partial charge in [-0.2, -0.15) is 0 Å². The Balaban J connectivity index is 1.61. The van der Waals surface area contributed by atoms with Crippen LogP contribution in [0.4, 0.5) is 5.82 Å². The number of nitrogens with one attached hydrogen (secondary N) is 2. The van der Waals surface area contributed by atoms with Gasteiger partial charge in [0.25, 0.3) is 0 Å². The van der Waals surface area contributed by atoms with Crippen molar-refractivity contribution in [3.63, 3.8) is 0 Å². The molecule has 0 saturated carbocycles. The molecular weight excluding hydrogens is 328 g/mol. The van der Waals surface area contributed by atoms with Crippen LogP contribution >= 0.6 is 0 Å². The van der Waals surface area contributed by atoms with Crippen LogP contribution in [0.2, 0.25) is 0 Å². The van der Waals surface area contributed by atoms with Gasteiger partial charge in [-0.15, -0.1) is 0 Å². The molecule has 1 unspecified atom stereocenters. The summed E-state index contributed by atoms with van der Waals surface area (Å²) in [5.41, 5.74) is 0.885. The first-order chi connectivity index (χ1) is 12.5. The van der Waals surface area contributed by atoms with Crippen molar-refractivity contribution < 1.29 is 4.79 Å². The highest BCUT2D eigenvalue weighted by molar-refractivity contribution is 5.78. The molecule has 2 N–H and O–H groups in total. The molecule has 26 heavy (non-hydrogen) atoms. The summed E-state index contributed by atoms with van der Waals surface area (Å²) in [4.78, 5) is 26.0. The third-order valence-electron chi connectivity index (χ3n) is 5.48. The van der Waals surface area contributed by atoms with E-state index in [0.29, 0.717) is 13.1 Å². The van der Waals surface area contributed by atoms with Gasteiger partial charge >= 0.3 is 0 Å². The zero-order chi connectivity index (χ0) is 18.5. The molecule has 0 bridgehead atoms. The van der Waals surface area contributed by atoms with E-state index in [0.717, 1.165) is 55.7 Å². The monoisotopic (exact) mass is 360 g/mol. The molecule has 1 amide bonds. The van der Waals surface area contributed by atoms with Crippen LogP contribution in [0.3, 0.4) is 0 Å². The molecule has 1 aromatic heterocycles. The lowest BCUT2D eigenvalue weighted by Gasteiger charge is -2.31. The van der Waals surface area contributed by atoms with Gasteiger partial charge in [0.1, 0.15) is 11.6 Å². The standard InChI is InChI=1S/C19H32N6O/c1-14-6-9-25(10-7-14)13-18(26)24(3)12-15-11-17(20-2)23-19(22-15)16-5-4-8-21-16/h11,14,16,21H,4-10,12-13H2,1-3H3,(H,20,22,23). The van der Waals surface area contributed by atoms with E-state index in [-0.39, 0.29) is 11.9 Å². The molecule has 0 spiro atoms. The highest BCUT2D eigenvalue weighted by Crippen LogP contribution is 2.22. The number of anilines is 1. The lowest BCUT2D eigenvalue weighted by atomic mass is 9.99. The SMILES string of the molecule is CNc1cc(CN(C)C(=O)CN2CCC(C)CC2)nc(C2CCCN2)n1. The van der Waals surface area contributed by atoms with Crippen molar-refractivity contribution in [2.45, 2.75) is 45.2 Å². The number of piperidine rings is 1. The molecule has 7 heteroatoms. The molecule has 0 radical (unpaired) electrons.